The van der Waals surface area contributed by atoms with Gasteiger partial charge in [-0.05, 0) is 70.7 Å². The number of anilines is 1. The highest BCUT2D eigenvalue weighted by molar-refractivity contribution is 6.34. The minimum Gasteiger partial charge on any atom is -0.490 e. The number of halogens is 1. The number of carbonyl (C=O) groups is 1. The number of para-hydroxylation sites is 1. The third kappa shape index (κ3) is 5.15. The Hall–Kier alpha value is -3.06. The van der Waals surface area contributed by atoms with Crippen LogP contribution in [-0.4, -0.2) is 29.3 Å². The van der Waals surface area contributed by atoms with E-state index < -0.39 is 11.7 Å². The molecule has 1 aromatic carbocycles. The van der Waals surface area contributed by atoms with Crippen LogP contribution in [0.2, 0.25) is 0 Å². The lowest BCUT2D eigenvalue weighted by Gasteiger charge is -2.29. The number of amides is 1. The van der Waals surface area contributed by atoms with Crippen molar-refractivity contribution in [1.82, 2.24) is 4.98 Å². The first-order valence-corrected chi connectivity index (χ1v) is 12.6. The van der Waals surface area contributed by atoms with Crippen LogP contribution < -0.4 is 20.3 Å². The lowest BCUT2D eigenvalue weighted by molar-refractivity contribution is 0.0584. The second-order valence-electron chi connectivity index (χ2n) is 10.3. The minimum atomic E-state index is -0.603. The molecule has 2 aliphatic heterocycles. The topological polar surface area (TPSA) is 79.3 Å². The highest BCUT2D eigenvalue weighted by Gasteiger charge is 2.32. The predicted molar refractivity (Wildman–Crippen MR) is 137 cm³/mol. The minimum absolute atomic E-state index is 0.203. The van der Waals surface area contributed by atoms with Crippen LogP contribution >= 0.6 is 11.6 Å². The van der Waals surface area contributed by atoms with Gasteiger partial charge in [-0.2, -0.15) is 10.2 Å². The largest absolute Gasteiger partial charge is 0.490 e. The van der Waals surface area contributed by atoms with Crippen LogP contribution in [0.5, 0.6) is 5.75 Å². The number of aromatic amines is 1. The number of ether oxygens (including phenoxy) is 2. The van der Waals surface area contributed by atoms with Gasteiger partial charge in [-0.3, -0.25) is 4.90 Å². The number of hydrogen-bond acceptors (Lipinski definition) is 5. The Morgan fingerprint density at radius 1 is 1.14 bits per heavy atom. The van der Waals surface area contributed by atoms with Gasteiger partial charge in [0, 0.05) is 23.1 Å². The van der Waals surface area contributed by atoms with Crippen LogP contribution in [0.4, 0.5) is 10.5 Å². The Kier molecular flexibility index (Phi) is 6.45. The first kappa shape index (κ1) is 23.7. The second kappa shape index (κ2) is 9.53. The zero-order valence-electron chi connectivity index (χ0n) is 20.4. The fourth-order valence-electron chi connectivity index (χ4n) is 4.95. The molecule has 1 fully saturated rings. The number of aromatic nitrogens is 1. The predicted octanol–water partition coefficient (Wildman–Crippen LogP) is 5.38. The quantitative estimate of drug-likeness (QED) is 0.621. The van der Waals surface area contributed by atoms with Crippen molar-refractivity contribution in [2.24, 2.45) is 16.1 Å². The molecule has 0 bridgehead atoms. The average molecular weight is 495 g/mol. The molecule has 7 nitrogen and oxygen atoms in total. The van der Waals surface area contributed by atoms with E-state index in [1.165, 1.54) is 0 Å². The molecule has 0 unspecified atom stereocenters. The monoisotopic (exact) mass is 494 g/mol. The number of nitrogens with one attached hydrogen (secondary N) is 1. The molecule has 0 spiro atoms. The molecular formula is C27H31ClN4O3. The maximum Gasteiger partial charge on any atom is 0.415 e. The second-order valence-corrected chi connectivity index (χ2v) is 10.7. The Bertz CT molecular complexity index is 1280. The van der Waals surface area contributed by atoms with Crippen LogP contribution in [0.15, 0.2) is 51.7 Å². The molecule has 1 aliphatic carbocycles. The highest BCUT2D eigenvalue weighted by Crippen LogP contribution is 2.35. The summed E-state index contributed by atoms with van der Waals surface area (Å²) in [6.07, 6.45) is 7.33. The molecule has 3 heterocycles. The number of H-pyrrole nitrogens is 1. The lowest BCUT2D eigenvalue weighted by Crippen LogP contribution is -2.39. The van der Waals surface area contributed by atoms with Gasteiger partial charge < -0.3 is 14.5 Å². The Labute approximate surface area is 210 Å². The fraction of sp³-hybridized carbons (Fsp3) is 0.444. The maximum absolute atomic E-state index is 13.1. The number of hydrogen-bond donors (Lipinski definition) is 1. The van der Waals surface area contributed by atoms with E-state index in [0.29, 0.717) is 18.1 Å². The van der Waals surface area contributed by atoms with E-state index in [1.807, 2.05) is 63.3 Å². The van der Waals surface area contributed by atoms with Crippen LogP contribution in [0, 0.1) is 5.92 Å². The number of benzene rings is 1. The standard InChI is InChI=1S/C27H31ClN4O3/c1-27(2,3)35-26(33)32-14-13-18(28)15-22-25(32)21-16-29-31-23(24(21)30-22)17-9-11-20(12-10-17)34-19-7-5-4-6-8-19/h4-8,13,15,17,20,30H,9-12,14,16H2,1-3H3. The number of carbonyl (C=O) groups excluding carboxylic acids is 1. The normalized spacial score (nSPS) is 21.9. The Morgan fingerprint density at radius 3 is 2.60 bits per heavy atom. The summed E-state index contributed by atoms with van der Waals surface area (Å²) >= 11 is 6.42. The Morgan fingerprint density at radius 2 is 1.89 bits per heavy atom. The zero-order valence-corrected chi connectivity index (χ0v) is 21.1. The number of fused-ring (bicyclic) bond motifs is 3. The third-order valence-electron chi connectivity index (χ3n) is 6.51. The van der Waals surface area contributed by atoms with Gasteiger partial charge in [0.05, 0.1) is 34.7 Å². The molecule has 8 heteroatoms. The Balaban J connectivity index is 1.45. The number of nitrogens with zero attached hydrogens (tertiary/aromatic N) is 3. The van der Waals surface area contributed by atoms with Crippen molar-refractivity contribution >= 4 is 35.2 Å². The summed E-state index contributed by atoms with van der Waals surface area (Å²) in [6, 6.07) is 9.99. The number of allylic oxidation sites excluding steroid dienone is 1. The summed E-state index contributed by atoms with van der Waals surface area (Å²) in [4.78, 5) is 18.3. The van der Waals surface area contributed by atoms with Crippen molar-refractivity contribution in [3.05, 3.63) is 57.7 Å². The first-order valence-electron chi connectivity index (χ1n) is 12.2. The SMILES string of the molecule is CC(C)(C)OC(=O)N1CC=C(Cl)C=c2[nH]c3c(c21)CN=NC=3C1CCC(Oc2ccccc2)CC1. The van der Waals surface area contributed by atoms with Crippen molar-refractivity contribution in [3.8, 4) is 5.75 Å². The van der Waals surface area contributed by atoms with Crippen molar-refractivity contribution in [2.75, 3.05) is 11.4 Å². The number of azo groups is 1. The summed E-state index contributed by atoms with van der Waals surface area (Å²) in [6.45, 7) is 6.33. The molecule has 1 amide bonds. The average Bonchev–Trinajstić information content (AvgIpc) is 3.08. The third-order valence-corrected chi connectivity index (χ3v) is 6.77. The van der Waals surface area contributed by atoms with Gasteiger partial charge in [0.1, 0.15) is 11.4 Å². The van der Waals surface area contributed by atoms with E-state index in [1.54, 1.807) is 4.90 Å². The fourth-order valence-corrected chi connectivity index (χ4v) is 5.13. The van der Waals surface area contributed by atoms with Crippen LogP contribution in [-0.2, 0) is 11.3 Å². The molecule has 1 saturated carbocycles. The first-order chi connectivity index (χ1) is 16.8. The van der Waals surface area contributed by atoms with Gasteiger partial charge >= 0.3 is 6.09 Å². The summed E-state index contributed by atoms with van der Waals surface area (Å²) in [7, 11) is 0. The molecule has 0 radical (unpaired) electrons. The van der Waals surface area contributed by atoms with Crippen molar-refractivity contribution in [2.45, 2.75) is 64.7 Å². The van der Waals surface area contributed by atoms with Crippen molar-refractivity contribution < 1.29 is 14.3 Å². The summed E-state index contributed by atoms with van der Waals surface area (Å²) in [5.74, 6) is 1.19. The van der Waals surface area contributed by atoms with E-state index in [4.69, 9.17) is 21.1 Å². The van der Waals surface area contributed by atoms with Gasteiger partial charge in [-0.1, -0.05) is 29.8 Å². The lowest BCUT2D eigenvalue weighted by atomic mass is 9.84. The van der Waals surface area contributed by atoms with E-state index in [2.05, 4.69) is 15.2 Å². The molecule has 1 N–H and O–H groups in total. The van der Waals surface area contributed by atoms with Gasteiger partial charge in [-0.25, -0.2) is 4.79 Å². The molecule has 184 valence electrons. The van der Waals surface area contributed by atoms with Gasteiger partial charge in [-0.15, -0.1) is 0 Å². The van der Waals surface area contributed by atoms with E-state index in [9.17, 15) is 4.79 Å². The highest BCUT2D eigenvalue weighted by atomic mass is 35.5. The molecule has 5 rings (SSSR count). The van der Waals surface area contributed by atoms with E-state index in [0.717, 1.165) is 59.1 Å². The molecule has 35 heavy (non-hydrogen) atoms. The summed E-state index contributed by atoms with van der Waals surface area (Å²) in [5, 5.41) is 11.4. The van der Waals surface area contributed by atoms with E-state index in [-0.39, 0.29) is 12.0 Å². The van der Waals surface area contributed by atoms with Crippen molar-refractivity contribution in [1.29, 1.82) is 0 Å². The molecule has 2 aromatic rings. The maximum atomic E-state index is 13.1. The van der Waals surface area contributed by atoms with Crippen LogP contribution in [0.1, 0.15) is 52.0 Å². The van der Waals surface area contributed by atoms with Crippen LogP contribution in [0.3, 0.4) is 0 Å². The van der Waals surface area contributed by atoms with Gasteiger partial charge in [0.15, 0.2) is 0 Å². The molecular weight excluding hydrogens is 464 g/mol. The van der Waals surface area contributed by atoms with E-state index >= 15 is 0 Å². The molecule has 3 aliphatic rings. The summed E-state index contributed by atoms with van der Waals surface area (Å²) < 4.78 is 11.9. The smallest absolute Gasteiger partial charge is 0.415 e. The molecule has 0 saturated heterocycles. The number of rotatable bonds is 3. The molecule has 0 atom stereocenters. The van der Waals surface area contributed by atoms with Crippen molar-refractivity contribution in [3.63, 3.8) is 0 Å². The zero-order chi connectivity index (χ0) is 24.6. The molecule has 1 aromatic heterocycles. The van der Waals surface area contributed by atoms with Gasteiger partial charge in [0.25, 0.3) is 0 Å². The van der Waals surface area contributed by atoms with Crippen LogP contribution in [0.25, 0.3) is 11.8 Å². The summed E-state index contributed by atoms with van der Waals surface area (Å²) in [5.41, 5.74) is 2.09. The van der Waals surface area contributed by atoms with Gasteiger partial charge in [0.2, 0.25) is 0 Å².